The molecule has 23 heavy (non-hydrogen) atoms. The Hall–Kier alpha value is -2.49. The maximum Gasteiger partial charge on any atom is 0.220 e. The van der Waals surface area contributed by atoms with Gasteiger partial charge in [-0.2, -0.15) is 0 Å². The predicted molar refractivity (Wildman–Crippen MR) is 90.2 cm³/mol. The van der Waals surface area contributed by atoms with E-state index in [1.54, 1.807) is 6.20 Å². The molecule has 2 rings (SSSR count). The first-order valence-corrected chi connectivity index (χ1v) is 7.92. The van der Waals surface area contributed by atoms with Gasteiger partial charge in [-0.15, -0.1) is 0 Å². The van der Waals surface area contributed by atoms with Gasteiger partial charge in [0.1, 0.15) is 0 Å². The number of rotatable bonds is 7. The van der Waals surface area contributed by atoms with E-state index in [1.807, 2.05) is 49.4 Å². The first kappa shape index (κ1) is 16.9. The van der Waals surface area contributed by atoms with E-state index in [4.69, 9.17) is 0 Å². The van der Waals surface area contributed by atoms with Crippen LogP contribution in [0, 0.1) is 0 Å². The van der Waals surface area contributed by atoms with Crippen molar-refractivity contribution in [2.45, 2.75) is 39.2 Å². The van der Waals surface area contributed by atoms with Crippen LogP contribution in [0.3, 0.4) is 0 Å². The molecule has 1 amide bonds. The van der Waals surface area contributed by atoms with E-state index in [-0.39, 0.29) is 30.6 Å². The minimum absolute atomic E-state index is 0.00621. The third-order valence-electron chi connectivity index (χ3n) is 3.77. The number of nitrogens with one attached hydrogen (secondary N) is 1. The molecule has 1 aromatic heterocycles. The van der Waals surface area contributed by atoms with Crippen molar-refractivity contribution in [2.24, 2.45) is 0 Å². The molecule has 2 aromatic rings. The highest BCUT2D eigenvalue weighted by Crippen LogP contribution is 2.11. The van der Waals surface area contributed by atoms with Gasteiger partial charge in [-0.05, 0) is 31.0 Å². The van der Waals surface area contributed by atoms with Gasteiger partial charge >= 0.3 is 0 Å². The van der Waals surface area contributed by atoms with E-state index in [9.17, 15) is 9.59 Å². The molecule has 1 N–H and O–H groups in total. The molecule has 0 fully saturated rings. The summed E-state index contributed by atoms with van der Waals surface area (Å²) in [6.45, 7) is 3.95. The van der Waals surface area contributed by atoms with Gasteiger partial charge in [0.15, 0.2) is 5.78 Å². The van der Waals surface area contributed by atoms with Crippen LogP contribution in [0.1, 0.15) is 54.3 Å². The Balaban J connectivity index is 1.82. The molecule has 1 heterocycles. The van der Waals surface area contributed by atoms with E-state index in [2.05, 4.69) is 17.2 Å². The van der Waals surface area contributed by atoms with Crippen LogP contribution in [0.4, 0.5) is 0 Å². The molecule has 4 nitrogen and oxygen atoms in total. The number of pyridine rings is 1. The molecule has 0 spiro atoms. The summed E-state index contributed by atoms with van der Waals surface area (Å²) in [5.41, 5.74) is 2.67. The van der Waals surface area contributed by atoms with E-state index in [1.165, 1.54) is 5.56 Å². The minimum atomic E-state index is -0.164. The summed E-state index contributed by atoms with van der Waals surface area (Å²) < 4.78 is 0. The SMILES string of the molecule is CCc1ccc(C(=O)CCC(=O)NC(C)c2ccccn2)cc1. The lowest BCUT2D eigenvalue weighted by molar-refractivity contribution is -0.121. The number of aromatic nitrogens is 1. The number of hydrogen-bond donors (Lipinski definition) is 1. The molecular formula is C19H22N2O2. The van der Waals surface area contributed by atoms with Crippen LogP contribution in [0.2, 0.25) is 0 Å². The lowest BCUT2D eigenvalue weighted by Gasteiger charge is -2.13. The van der Waals surface area contributed by atoms with Crippen LogP contribution in [-0.2, 0) is 11.2 Å². The van der Waals surface area contributed by atoms with Crippen LogP contribution < -0.4 is 5.32 Å². The van der Waals surface area contributed by atoms with Crippen LogP contribution in [0.5, 0.6) is 0 Å². The average Bonchev–Trinajstić information content (AvgIpc) is 2.60. The lowest BCUT2D eigenvalue weighted by atomic mass is 10.0. The Morgan fingerprint density at radius 2 is 1.83 bits per heavy atom. The largest absolute Gasteiger partial charge is 0.348 e. The van der Waals surface area contributed by atoms with Gasteiger partial charge in [0.2, 0.25) is 5.91 Å². The zero-order chi connectivity index (χ0) is 16.7. The summed E-state index contributed by atoms with van der Waals surface area (Å²) >= 11 is 0. The standard InChI is InChI=1S/C19H22N2O2/c1-3-15-7-9-16(10-8-15)18(22)11-12-19(23)21-14(2)17-6-4-5-13-20-17/h4-10,13-14H,3,11-12H2,1-2H3,(H,21,23). The second kappa shape index (κ2) is 8.22. The van der Waals surface area contributed by atoms with E-state index in [0.717, 1.165) is 12.1 Å². The molecular weight excluding hydrogens is 288 g/mol. The van der Waals surface area contributed by atoms with E-state index < -0.39 is 0 Å². The van der Waals surface area contributed by atoms with E-state index >= 15 is 0 Å². The van der Waals surface area contributed by atoms with Gasteiger partial charge in [-0.25, -0.2) is 0 Å². The van der Waals surface area contributed by atoms with Gasteiger partial charge < -0.3 is 5.32 Å². The maximum absolute atomic E-state index is 12.1. The topological polar surface area (TPSA) is 59.1 Å². The number of carbonyl (C=O) groups is 2. The number of benzene rings is 1. The maximum atomic E-state index is 12.1. The van der Waals surface area contributed by atoms with Gasteiger partial charge in [-0.1, -0.05) is 37.3 Å². The normalized spacial score (nSPS) is 11.7. The highest BCUT2D eigenvalue weighted by Gasteiger charge is 2.13. The lowest BCUT2D eigenvalue weighted by Crippen LogP contribution is -2.27. The summed E-state index contributed by atoms with van der Waals surface area (Å²) in [7, 11) is 0. The highest BCUT2D eigenvalue weighted by atomic mass is 16.2. The Kier molecular flexibility index (Phi) is 6.03. The third-order valence-corrected chi connectivity index (χ3v) is 3.77. The summed E-state index contributed by atoms with van der Waals surface area (Å²) in [6.07, 6.45) is 3.04. The predicted octanol–water partition coefficient (Wildman–Crippen LogP) is 3.48. The Labute approximate surface area is 137 Å². The molecule has 1 atom stereocenters. The quantitative estimate of drug-likeness (QED) is 0.796. The highest BCUT2D eigenvalue weighted by molar-refractivity contribution is 5.98. The molecule has 1 unspecified atom stereocenters. The fourth-order valence-corrected chi connectivity index (χ4v) is 2.32. The monoisotopic (exact) mass is 310 g/mol. The Morgan fingerprint density at radius 3 is 2.43 bits per heavy atom. The van der Waals surface area contributed by atoms with Crippen molar-refractivity contribution < 1.29 is 9.59 Å². The molecule has 1 aromatic carbocycles. The molecule has 0 aliphatic heterocycles. The Bertz CT molecular complexity index is 651. The van der Waals surface area contributed by atoms with Crippen molar-refractivity contribution >= 4 is 11.7 Å². The van der Waals surface area contributed by atoms with Gasteiger partial charge in [-0.3, -0.25) is 14.6 Å². The van der Waals surface area contributed by atoms with Crippen molar-refractivity contribution in [3.8, 4) is 0 Å². The van der Waals surface area contributed by atoms with Crippen molar-refractivity contribution in [3.63, 3.8) is 0 Å². The number of aryl methyl sites for hydroxylation is 1. The van der Waals surface area contributed by atoms with Crippen LogP contribution in [0.25, 0.3) is 0 Å². The molecule has 120 valence electrons. The molecule has 4 heteroatoms. The average molecular weight is 310 g/mol. The fraction of sp³-hybridized carbons (Fsp3) is 0.316. The molecule has 0 bridgehead atoms. The van der Waals surface area contributed by atoms with Crippen LogP contribution in [0.15, 0.2) is 48.7 Å². The second-order valence-corrected chi connectivity index (χ2v) is 5.52. The number of nitrogens with zero attached hydrogens (tertiary/aromatic N) is 1. The molecule has 0 aliphatic rings. The zero-order valence-electron chi connectivity index (χ0n) is 13.6. The first-order chi connectivity index (χ1) is 11.1. The molecule has 0 saturated heterocycles. The number of amides is 1. The zero-order valence-corrected chi connectivity index (χ0v) is 13.6. The number of carbonyl (C=O) groups excluding carboxylic acids is 2. The number of Topliss-reactive ketones (excluding diaryl/α,β-unsaturated/α-hetero) is 1. The summed E-state index contributed by atoms with van der Waals surface area (Å²) in [6, 6.07) is 13.0. The molecule has 0 saturated carbocycles. The Morgan fingerprint density at radius 1 is 1.09 bits per heavy atom. The molecule has 0 aliphatic carbocycles. The van der Waals surface area contributed by atoms with Gasteiger partial charge in [0, 0.05) is 24.6 Å². The summed E-state index contributed by atoms with van der Waals surface area (Å²) in [5, 5.41) is 2.87. The van der Waals surface area contributed by atoms with Crippen LogP contribution >= 0.6 is 0 Å². The molecule has 0 radical (unpaired) electrons. The minimum Gasteiger partial charge on any atom is -0.348 e. The van der Waals surface area contributed by atoms with Crippen molar-refractivity contribution in [1.82, 2.24) is 10.3 Å². The number of hydrogen-bond acceptors (Lipinski definition) is 3. The van der Waals surface area contributed by atoms with Crippen molar-refractivity contribution in [1.29, 1.82) is 0 Å². The summed E-state index contributed by atoms with van der Waals surface area (Å²) in [5.74, 6) is -0.144. The van der Waals surface area contributed by atoms with Crippen LogP contribution in [-0.4, -0.2) is 16.7 Å². The van der Waals surface area contributed by atoms with E-state index in [0.29, 0.717) is 5.56 Å². The summed E-state index contributed by atoms with van der Waals surface area (Å²) in [4.78, 5) is 28.3. The number of ketones is 1. The first-order valence-electron chi connectivity index (χ1n) is 7.92. The third kappa shape index (κ3) is 5.02. The second-order valence-electron chi connectivity index (χ2n) is 5.52. The van der Waals surface area contributed by atoms with Gasteiger partial charge in [0.25, 0.3) is 0 Å². The van der Waals surface area contributed by atoms with Crippen molar-refractivity contribution in [3.05, 3.63) is 65.5 Å². The van der Waals surface area contributed by atoms with Gasteiger partial charge in [0.05, 0.1) is 11.7 Å². The fourth-order valence-electron chi connectivity index (χ4n) is 2.32. The van der Waals surface area contributed by atoms with Crippen molar-refractivity contribution in [2.75, 3.05) is 0 Å². The smallest absolute Gasteiger partial charge is 0.220 e.